The number of pyridine rings is 1. The first-order valence-corrected chi connectivity index (χ1v) is 4.35. The van der Waals surface area contributed by atoms with Gasteiger partial charge in [-0.05, 0) is 19.4 Å². The summed E-state index contributed by atoms with van der Waals surface area (Å²) in [6, 6.07) is 3.47. The molecule has 0 aliphatic carbocycles. The fourth-order valence-electron chi connectivity index (χ4n) is 1.23. The Bertz CT molecular complexity index is 441. The Hall–Kier alpha value is -1.76. The molecule has 1 heterocycles. The van der Waals surface area contributed by atoms with Crippen molar-refractivity contribution >= 4 is 0 Å². The largest absolute Gasteiger partial charge is 0.494 e. The van der Waals surface area contributed by atoms with Crippen molar-refractivity contribution in [2.24, 2.45) is 0 Å². The molecule has 1 N–H and O–H groups in total. The molecule has 14 heavy (non-hydrogen) atoms. The molecule has 0 aliphatic heterocycles. The van der Waals surface area contributed by atoms with Crippen LogP contribution in [0.5, 0.6) is 5.88 Å². The Labute approximate surface area is 82.0 Å². The zero-order valence-electron chi connectivity index (χ0n) is 8.24. The zero-order valence-corrected chi connectivity index (χ0v) is 8.24. The summed E-state index contributed by atoms with van der Waals surface area (Å²) in [5.41, 5.74) is 1.15. The average Bonchev–Trinajstić information content (AvgIpc) is 2.14. The fourth-order valence-corrected chi connectivity index (χ4v) is 1.23. The molecule has 0 atom stereocenters. The number of aromatic nitrogens is 1. The van der Waals surface area contributed by atoms with E-state index in [1.165, 1.54) is 10.6 Å². The van der Waals surface area contributed by atoms with Gasteiger partial charge in [-0.2, -0.15) is 5.26 Å². The van der Waals surface area contributed by atoms with Crippen LogP contribution in [-0.2, 0) is 6.54 Å². The van der Waals surface area contributed by atoms with Crippen molar-refractivity contribution in [2.75, 3.05) is 0 Å². The Morgan fingerprint density at radius 2 is 2.21 bits per heavy atom. The minimum absolute atomic E-state index is 0.0756. The van der Waals surface area contributed by atoms with Crippen molar-refractivity contribution in [3.8, 4) is 11.9 Å². The van der Waals surface area contributed by atoms with E-state index < -0.39 is 0 Å². The quantitative estimate of drug-likeness (QED) is 0.762. The summed E-state index contributed by atoms with van der Waals surface area (Å²) >= 11 is 0. The molecule has 0 unspecified atom stereocenters. The Morgan fingerprint density at radius 3 is 2.79 bits per heavy atom. The maximum atomic E-state index is 11.6. The molecule has 0 bridgehead atoms. The van der Waals surface area contributed by atoms with E-state index in [0.717, 1.165) is 5.56 Å². The van der Waals surface area contributed by atoms with Crippen LogP contribution in [0.15, 0.2) is 10.9 Å². The average molecular weight is 192 g/mol. The first-order chi connectivity index (χ1) is 6.57. The molecule has 4 nitrogen and oxygen atoms in total. The van der Waals surface area contributed by atoms with E-state index >= 15 is 0 Å². The van der Waals surface area contributed by atoms with Gasteiger partial charge in [0.1, 0.15) is 0 Å². The summed E-state index contributed by atoms with van der Waals surface area (Å²) in [6.07, 6.45) is 0.218. The molecule has 0 saturated heterocycles. The van der Waals surface area contributed by atoms with Gasteiger partial charge in [-0.15, -0.1) is 0 Å². The van der Waals surface area contributed by atoms with Gasteiger partial charge in [-0.1, -0.05) is 0 Å². The van der Waals surface area contributed by atoms with Crippen LogP contribution in [0, 0.1) is 25.2 Å². The molecule has 0 fully saturated rings. The van der Waals surface area contributed by atoms with Gasteiger partial charge in [-0.3, -0.25) is 9.36 Å². The van der Waals surface area contributed by atoms with E-state index in [1.54, 1.807) is 13.8 Å². The first-order valence-electron chi connectivity index (χ1n) is 4.35. The van der Waals surface area contributed by atoms with E-state index in [4.69, 9.17) is 5.26 Å². The molecule has 74 valence electrons. The second kappa shape index (κ2) is 3.97. The molecule has 0 spiro atoms. The minimum Gasteiger partial charge on any atom is -0.494 e. The number of aryl methyl sites for hydroxylation is 1. The van der Waals surface area contributed by atoms with Crippen molar-refractivity contribution in [3.05, 3.63) is 27.5 Å². The van der Waals surface area contributed by atoms with Gasteiger partial charge < -0.3 is 5.11 Å². The Morgan fingerprint density at radius 1 is 1.57 bits per heavy atom. The number of hydrogen-bond donors (Lipinski definition) is 1. The number of hydrogen-bond acceptors (Lipinski definition) is 3. The van der Waals surface area contributed by atoms with Crippen molar-refractivity contribution in [1.29, 1.82) is 5.26 Å². The van der Waals surface area contributed by atoms with Crippen LogP contribution in [0.1, 0.15) is 17.5 Å². The van der Waals surface area contributed by atoms with Gasteiger partial charge in [0.05, 0.1) is 12.5 Å². The van der Waals surface area contributed by atoms with E-state index in [9.17, 15) is 9.90 Å². The second-order valence-electron chi connectivity index (χ2n) is 3.18. The lowest BCUT2D eigenvalue weighted by atomic mass is 10.2. The van der Waals surface area contributed by atoms with Gasteiger partial charge in [0, 0.05) is 18.2 Å². The molecule has 0 aromatic carbocycles. The highest BCUT2D eigenvalue weighted by Crippen LogP contribution is 2.11. The van der Waals surface area contributed by atoms with Crippen molar-refractivity contribution in [3.63, 3.8) is 0 Å². The Balaban J connectivity index is 3.24. The highest BCUT2D eigenvalue weighted by atomic mass is 16.3. The molecule has 1 aromatic rings. The molecule has 0 amide bonds. The number of rotatable bonds is 2. The molecule has 1 rings (SSSR count). The molecular weight excluding hydrogens is 180 g/mol. The number of aromatic hydroxyl groups is 1. The van der Waals surface area contributed by atoms with Crippen molar-refractivity contribution in [2.45, 2.75) is 26.8 Å². The number of nitriles is 1. The van der Waals surface area contributed by atoms with Crippen LogP contribution in [0.2, 0.25) is 0 Å². The summed E-state index contributed by atoms with van der Waals surface area (Å²) in [7, 11) is 0. The minimum atomic E-state index is -0.224. The third-order valence-electron chi connectivity index (χ3n) is 2.23. The lowest BCUT2D eigenvalue weighted by Gasteiger charge is -2.08. The van der Waals surface area contributed by atoms with Crippen molar-refractivity contribution < 1.29 is 5.11 Å². The van der Waals surface area contributed by atoms with Gasteiger partial charge in [0.25, 0.3) is 5.56 Å². The van der Waals surface area contributed by atoms with Gasteiger partial charge in [0.2, 0.25) is 0 Å². The topological polar surface area (TPSA) is 66.0 Å². The summed E-state index contributed by atoms with van der Waals surface area (Å²) < 4.78 is 1.21. The zero-order chi connectivity index (χ0) is 10.7. The SMILES string of the molecule is Cc1cc(O)n(CCC#N)c(=O)c1C. The van der Waals surface area contributed by atoms with Crippen LogP contribution < -0.4 is 5.56 Å². The lowest BCUT2D eigenvalue weighted by Crippen LogP contribution is -2.23. The van der Waals surface area contributed by atoms with Crippen LogP contribution in [-0.4, -0.2) is 9.67 Å². The highest BCUT2D eigenvalue weighted by Gasteiger charge is 2.07. The third-order valence-corrected chi connectivity index (χ3v) is 2.23. The predicted octanol–water partition coefficient (Wildman–Crippen LogP) is 1.08. The lowest BCUT2D eigenvalue weighted by molar-refractivity contribution is 0.406. The van der Waals surface area contributed by atoms with Crippen LogP contribution in [0.3, 0.4) is 0 Å². The molecular formula is C10H12N2O2. The van der Waals surface area contributed by atoms with E-state index in [0.29, 0.717) is 5.56 Å². The Kier molecular flexibility index (Phi) is 2.92. The maximum Gasteiger partial charge on any atom is 0.256 e. The van der Waals surface area contributed by atoms with Crippen LogP contribution in [0.4, 0.5) is 0 Å². The normalized spacial score (nSPS) is 9.79. The molecule has 0 saturated carbocycles. The summed E-state index contributed by atoms with van der Waals surface area (Å²) in [5.74, 6) is -0.0756. The number of nitrogens with zero attached hydrogens (tertiary/aromatic N) is 2. The monoisotopic (exact) mass is 192 g/mol. The smallest absolute Gasteiger partial charge is 0.256 e. The van der Waals surface area contributed by atoms with Gasteiger partial charge in [-0.25, -0.2) is 0 Å². The van der Waals surface area contributed by atoms with Crippen molar-refractivity contribution in [1.82, 2.24) is 4.57 Å². The summed E-state index contributed by atoms with van der Waals surface area (Å²) in [4.78, 5) is 11.6. The predicted molar refractivity (Wildman–Crippen MR) is 52.1 cm³/mol. The molecule has 0 radical (unpaired) electrons. The van der Waals surface area contributed by atoms with Crippen LogP contribution >= 0.6 is 0 Å². The molecule has 1 aromatic heterocycles. The highest BCUT2D eigenvalue weighted by molar-refractivity contribution is 5.27. The van der Waals surface area contributed by atoms with Crippen LogP contribution in [0.25, 0.3) is 0 Å². The van der Waals surface area contributed by atoms with E-state index in [2.05, 4.69) is 0 Å². The fraction of sp³-hybridized carbons (Fsp3) is 0.400. The maximum absolute atomic E-state index is 11.6. The van der Waals surface area contributed by atoms with E-state index in [-0.39, 0.29) is 24.4 Å². The summed E-state index contributed by atoms with van der Waals surface area (Å²) in [6.45, 7) is 3.72. The summed E-state index contributed by atoms with van der Waals surface area (Å²) in [5, 5.41) is 17.9. The third kappa shape index (κ3) is 1.77. The molecule has 4 heteroatoms. The standard InChI is InChI=1S/C10H12N2O2/c1-7-6-9(13)12(5-3-4-11)10(14)8(7)2/h6,13H,3,5H2,1-2H3. The second-order valence-corrected chi connectivity index (χ2v) is 3.18. The first kappa shape index (κ1) is 10.3. The molecule has 0 aliphatic rings. The van der Waals surface area contributed by atoms with Gasteiger partial charge >= 0.3 is 0 Å². The van der Waals surface area contributed by atoms with Gasteiger partial charge in [0.15, 0.2) is 5.88 Å². The van der Waals surface area contributed by atoms with E-state index in [1.807, 2.05) is 6.07 Å².